The molecule has 0 fully saturated rings. The van der Waals surface area contributed by atoms with Crippen LogP contribution in [-0.2, 0) is 0 Å². The fourth-order valence-electron chi connectivity index (χ4n) is 4.40. The van der Waals surface area contributed by atoms with Crippen molar-refractivity contribution in [3.05, 3.63) is 131 Å². The van der Waals surface area contributed by atoms with Gasteiger partial charge in [-0.15, -0.1) is 0 Å². The first-order valence-electron chi connectivity index (χ1n) is 11.7. The molecule has 1 aliphatic rings. The van der Waals surface area contributed by atoms with Gasteiger partial charge in [0.05, 0.1) is 0 Å². The Morgan fingerprint density at radius 2 is 1.57 bits per heavy atom. The molecule has 0 heterocycles. The summed E-state index contributed by atoms with van der Waals surface area (Å²) >= 11 is 0. The quantitative estimate of drug-likeness (QED) is 0.247. The van der Waals surface area contributed by atoms with E-state index in [0.29, 0.717) is 22.3 Å². The fourth-order valence-corrected chi connectivity index (χ4v) is 4.40. The Morgan fingerprint density at radius 3 is 2.26 bits per heavy atom. The molecular formula is C31H26F4. The van der Waals surface area contributed by atoms with Gasteiger partial charge in [-0.2, -0.15) is 0 Å². The van der Waals surface area contributed by atoms with Crippen molar-refractivity contribution in [3.8, 4) is 11.1 Å². The van der Waals surface area contributed by atoms with E-state index >= 15 is 0 Å². The molecule has 0 nitrogen and oxygen atoms in total. The number of hydrogen-bond acceptors (Lipinski definition) is 0. The van der Waals surface area contributed by atoms with E-state index in [2.05, 4.69) is 19.1 Å². The summed E-state index contributed by atoms with van der Waals surface area (Å²) in [6.45, 7) is 3.89. The van der Waals surface area contributed by atoms with Crippen LogP contribution in [0.1, 0.15) is 44.2 Å². The SMILES string of the molecule is CC=C(C=C(CC)C1=CC(c2cccc(-c3ccc(F)cc3F)c2)=CCC1)c1ccc(F)cc1F. The van der Waals surface area contributed by atoms with Crippen molar-refractivity contribution in [3.63, 3.8) is 0 Å². The Hall–Kier alpha value is -3.66. The summed E-state index contributed by atoms with van der Waals surface area (Å²) in [5.74, 6) is -2.40. The van der Waals surface area contributed by atoms with E-state index in [0.717, 1.165) is 53.7 Å². The molecular weight excluding hydrogens is 448 g/mol. The normalized spacial score (nSPS) is 14.6. The van der Waals surface area contributed by atoms with Crippen LogP contribution in [0.4, 0.5) is 17.6 Å². The summed E-state index contributed by atoms with van der Waals surface area (Å²) in [7, 11) is 0. The third kappa shape index (κ3) is 5.54. The standard InChI is InChI=1S/C31H26F4/c1-3-20(15-21(4-2)28-13-11-26(32)18-30(28)34)22-7-5-8-23(16-22)24-9-6-10-25(17-24)29-14-12-27(33)19-31(29)35/h4,6,8-19H,3,5,7H2,1-2H3. The van der Waals surface area contributed by atoms with E-state index in [1.807, 2.05) is 37.3 Å². The molecule has 0 radical (unpaired) electrons. The highest BCUT2D eigenvalue weighted by Crippen LogP contribution is 2.34. The monoisotopic (exact) mass is 474 g/mol. The highest BCUT2D eigenvalue weighted by atomic mass is 19.1. The minimum atomic E-state index is -0.607. The molecule has 0 bridgehead atoms. The third-order valence-corrected chi connectivity index (χ3v) is 6.22. The number of halogens is 4. The van der Waals surface area contributed by atoms with Gasteiger partial charge < -0.3 is 0 Å². The van der Waals surface area contributed by atoms with Crippen LogP contribution in [0.15, 0.2) is 96.1 Å². The van der Waals surface area contributed by atoms with Gasteiger partial charge in [-0.3, -0.25) is 0 Å². The molecule has 1 aliphatic carbocycles. The van der Waals surface area contributed by atoms with Gasteiger partial charge in [0.15, 0.2) is 0 Å². The summed E-state index contributed by atoms with van der Waals surface area (Å²) < 4.78 is 55.5. The lowest BCUT2D eigenvalue weighted by molar-refractivity contribution is 0.581. The lowest BCUT2D eigenvalue weighted by atomic mass is 9.87. The number of benzene rings is 3. The molecule has 0 amide bonds. The molecule has 0 saturated heterocycles. The van der Waals surface area contributed by atoms with E-state index in [4.69, 9.17) is 0 Å². The zero-order chi connectivity index (χ0) is 24.9. The Kier molecular flexibility index (Phi) is 7.50. The van der Waals surface area contributed by atoms with Crippen molar-refractivity contribution in [2.75, 3.05) is 0 Å². The second-order valence-corrected chi connectivity index (χ2v) is 8.46. The summed E-state index contributed by atoms with van der Waals surface area (Å²) in [5, 5.41) is 0. The molecule has 0 aliphatic heterocycles. The van der Waals surface area contributed by atoms with Gasteiger partial charge >= 0.3 is 0 Å². The molecule has 0 saturated carbocycles. The molecule has 0 spiro atoms. The maximum absolute atomic E-state index is 14.4. The van der Waals surface area contributed by atoms with Crippen molar-refractivity contribution in [1.29, 1.82) is 0 Å². The molecule has 0 aromatic heterocycles. The second kappa shape index (κ2) is 10.7. The highest BCUT2D eigenvalue weighted by molar-refractivity contribution is 5.81. The second-order valence-electron chi connectivity index (χ2n) is 8.46. The van der Waals surface area contributed by atoms with Crippen LogP contribution in [0.3, 0.4) is 0 Å². The third-order valence-electron chi connectivity index (χ3n) is 6.22. The number of allylic oxidation sites excluding steroid dienone is 8. The Morgan fingerprint density at radius 1 is 0.857 bits per heavy atom. The molecule has 0 N–H and O–H groups in total. The van der Waals surface area contributed by atoms with Crippen molar-refractivity contribution in [2.45, 2.75) is 33.1 Å². The summed E-state index contributed by atoms with van der Waals surface area (Å²) in [6.07, 6.45) is 10.5. The maximum Gasteiger partial charge on any atom is 0.133 e. The van der Waals surface area contributed by atoms with Crippen LogP contribution < -0.4 is 0 Å². The van der Waals surface area contributed by atoms with Crippen LogP contribution in [-0.4, -0.2) is 0 Å². The molecule has 0 atom stereocenters. The van der Waals surface area contributed by atoms with E-state index in [-0.39, 0.29) is 0 Å². The smallest absolute Gasteiger partial charge is 0.133 e. The lowest BCUT2D eigenvalue weighted by Gasteiger charge is -2.18. The summed E-state index contributed by atoms with van der Waals surface area (Å²) in [5.41, 5.74) is 6.27. The van der Waals surface area contributed by atoms with Gasteiger partial charge in [-0.05, 0) is 89.9 Å². The molecule has 178 valence electrons. The van der Waals surface area contributed by atoms with E-state index < -0.39 is 23.3 Å². The van der Waals surface area contributed by atoms with Crippen LogP contribution in [0.2, 0.25) is 0 Å². The van der Waals surface area contributed by atoms with Crippen LogP contribution in [0.5, 0.6) is 0 Å². The van der Waals surface area contributed by atoms with Crippen molar-refractivity contribution >= 4 is 11.1 Å². The number of hydrogen-bond donors (Lipinski definition) is 0. The van der Waals surface area contributed by atoms with Gasteiger partial charge in [0.25, 0.3) is 0 Å². The average Bonchev–Trinajstić information content (AvgIpc) is 2.85. The molecule has 0 unspecified atom stereocenters. The molecule has 3 aromatic rings. The van der Waals surface area contributed by atoms with Crippen molar-refractivity contribution in [2.24, 2.45) is 0 Å². The van der Waals surface area contributed by atoms with Gasteiger partial charge in [-0.25, -0.2) is 17.6 Å². The lowest BCUT2D eigenvalue weighted by Crippen LogP contribution is -1.98. The minimum Gasteiger partial charge on any atom is -0.207 e. The molecule has 3 aromatic carbocycles. The first kappa shape index (κ1) is 24.5. The Bertz CT molecular complexity index is 1370. The van der Waals surface area contributed by atoms with Gasteiger partial charge in [-0.1, -0.05) is 49.4 Å². The largest absolute Gasteiger partial charge is 0.207 e. The fraction of sp³-hybridized carbons (Fsp3) is 0.161. The van der Waals surface area contributed by atoms with Gasteiger partial charge in [0.2, 0.25) is 0 Å². The molecule has 4 rings (SSSR count). The number of rotatable bonds is 6. The Labute approximate surface area is 203 Å². The van der Waals surface area contributed by atoms with E-state index in [1.165, 1.54) is 24.3 Å². The van der Waals surface area contributed by atoms with Crippen LogP contribution in [0, 0.1) is 23.3 Å². The summed E-state index contributed by atoms with van der Waals surface area (Å²) in [6, 6.07) is 14.8. The maximum atomic E-state index is 14.4. The van der Waals surface area contributed by atoms with Crippen molar-refractivity contribution in [1.82, 2.24) is 0 Å². The molecule has 35 heavy (non-hydrogen) atoms. The van der Waals surface area contributed by atoms with Crippen LogP contribution >= 0.6 is 0 Å². The summed E-state index contributed by atoms with van der Waals surface area (Å²) in [4.78, 5) is 0. The zero-order valence-electron chi connectivity index (χ0n) is 19.7. The van der Waals surface area contributed by atoms with Crippen molar-refractivity contribution < 1.29 is 17.6 Å². The predicted octanol–water partition coefficient (Wildman–Crippen LogP) is 9.45. The van der Waals surface area contributed by atoms with E-state index in [1.54, 1.807) is 6.07 Å². The minimum absolute atomic E-state index is 0.349. The highest BCUT2D eigenvalue weighted by Gasteiger charge is 2.14. The zero-order valence-corrected chi connectivity index (χ0v) is 19.7. The first-order valence-corrected chi connectivity index (χ1v) is 11.7. The topological polar surface area (TPSA) is 0 Å². The van der Waals surface area contributed by atoms with E-state index in [9.17, 15) is 17.6 Å². The first-order chi connectivity index (χ1) is 16.9. The van der Waals surface area contributed by atoms with Gasteiger partial charge in [0.1, 0.15) is 23.3 Å². The Balaban J connectivity index is 1.67. The van der Waals surface area contributed by atoms with Crippen LogP contribution in [0.25, 0.3) is 22.3 Å². The average molecular weight is 475 g/mol. The van der Waals surface area contributed by atoms with Gasteiger partial charge in [0, 0.05) is 23.3 Å². The predicted molar refractivity (Wildman–Crippen MR) is 135 cm³/mol. The molecule has 4 heteroatoms.